The number of benzene rings is 3. The molecule has 3 aromatic rings. The fraction of sp³-hybridized carbons (Fsp3) is 0.192. The van der Waals surface area contributed by atoms with Gasteiger partial charge in [0.15, 0.2) is 6.61 Å². The second kappa shape index (κ2) is 10.9. The number of hydrogen-bond donors (Lipinski definition) is 1. The maximum atomic E-state index is 12.5. The topological polar surface area (TPSA) is 94.2 Å². The molecule has 0 bridgehead atoms. The summed E-state index contributed by atoms with van der Waals surface area (Å²) in [6, 6.07) is 20.8. The van der Waals surface area contributed by atoms with Crippen LogP contribution in [0.15, 0.2) is 72.8 Å². The van der Waals surface area contributed by atoms with Crippen molar-refractivity contribution < 1.29 is 28.6 Å². The van der Waals surface area contributed by atoms with E-state index in [1.165, 1.54) is 4.90 Å². The first-order valence-electron chi connectivity index (χ1n) is 10.9. The van der Waals surface area contributed by atoms with E-state index in [1.54, 1.807) is 79.9 Å². The molecule has 0 aromatic heterocycles. The number of esters is 1. The van der Waals surface area contributed by atoms with Crippen molar-refractivity contribution in [3.05, 3.63) is 77.8 Å². The molecule has 1 aliphatic rings. The fourth-order valence-electron chi connectivity index (χ4n) is 3.57. The molecule has 4 rings (SSSR count). The average Bonchev–Trinajstić information content (AvgIpc) is 3.26. The Labute approximate surface area is 207 Å². The van der Waals surface area contributed by atoms with E-state index in [9.17, 15) is 14.4 Å². The molecule has 180 valence electrons. The maximum Gasteiger partial charge on any atom is 0.311 e. The van der Waals surface area contributed by atoms with E-state index >= 15 is 0 Å². The Morgan fingerprint density at radius 2 is 1.54 bits per heavy atom. The molecule has 1 atom stereocenters. The number of methoxy groups -OCH3 is 1. The lowest BCUT2D eigenvalue weighted by Crippen LogP contribution is -2.28. The predicted octanol–water partition coefficient (Wildman–Crippen LogP) is 4.68. The molecule has 0 radical (unpaired) electrons. The van der Waals surface area contributed by atoms with Crippen LogP contribution in [0.2, 0.25) is 5.02 Å². The number of halogens is 1. The highest BCUT2D eigenvalue weighted by Gasteiger charge is 2.36. The molecule has 1 aliphatic heterocycles. The summed E-state index contributed by atoms with van der Waals surface area (Å²) >= 11 is 5.82. The Balaban J connectivity index is 1.28. The number of carbonyl (C=O) groups excluding carboxylic acids is 3. The predicted molar refractivity (Wildman–Crippen MR) is 131 cm³/mol. The second-order valence-electron chi connectivity index (χ2n) is 7.84. The monoisotopic (exact) mass is 494 g/mol. The quantitative estimate of drug-likeness (QED) is 0.457. The van der Waals surface area contributed by atoms with E-state index < -0.39 is 24.4 Å². The Hall–Kier alpha value is -4.04. The molecule has 1 heterocycles. The Morgan fingerprint density at radius 3 is 2.17 bits per heavy atom. The van der Waals surface area contributed by atoms with Gasteiger partial charge in [-0.3, -0.25) is 14.4 Å². The van der Waals surface area contributed by atoms with Crippen molar-refractivity contribution in [2.75, 3.05) is 30.5 Å². The molecule has 0 unspecified atom stereocenters. The van der Waals surface area contributed by atoms with Crippen LogP contribution in [0.25, 0.3) is 0 Å². The van der Waals surface area contributed by atoms with Gasteiger partial charge in [-0.15, -0.1) is 0 Å². The van der Waals surface area contributed by atoms with Crippen LogP contribution in [-0.2, 0) is 19.1 Å². The van der Waals surface area contributed by atoms with E-state index in [1.807, 2.05) is 0 Å². The Bertz CT molecular complexity index is 1200. The first kappa shape index (κ1) is 24.1. The second-order valence-corrected chi connectivity index (χ2v) is 8.28. The normalized spacial score (nSPS) is 15.0. The van der Waals surface area contributed by atoms with Gasteiger partial charge in [-0.25, -0.2) is 0 Å². The molecule has 1 saturated heterocycles. The third-order valence-electron chi connectivity index (χ3n) is 5.38. The molecular weight excluding hydrogens is 472 g/mol. The molecule has 1 N–H and O–H groups in total. The SMILES string of the molecule is COc1ccc(Oc2ccc(N3C[C@@H](C(=O)OCC(=O)Nc4ccc(Cl)cc4)CC3=O)cc2)cc1. The maximum absolute atomic E-state index is 12.5. The third kappa shape index (κ3) is 6.30. The van der Waals surface area contributed by atoms with E-state index in [4.69, 9.17) is 25.8 Å². The van der Waals surface area contributed by atoms with Crippen LogP contribution in [0, 0.1) is 5.92 Å². The first-order chi connectivity index (χ1) is 16.9. The molecule has 35 heavy (non-hydrogen) atoms. The van der Waals surface area contributed by atoms with Crippen LogP contribution in [0.4, 0.5) is 11.4 Å². The summed E-state index contributed by atoms with van der Waals surface area (Å²) < 4.78 is 16.1. The smallest absolute Gasteiger partial charge is 0.311 e. The highest BCUT2D eigenvalue weighted by atomic mass is 35.5. The summed E-state index contributed by atoms with van der Waals surface area (Å²) in [6.45, 7) is -0.265. The van der Waals surface area contributed by atoms with Crippen LogP contribution >= 0.6 is 11.6 Å². The van der Waals surface area contributed by atoms with Crippen molar-refractivity contribution in [1.82, 2.24) is 0 Å². The lowest BCUT2D eigenvalue weighted by atomic mass is 10.1. The minimum atomic E-state index is -0.652. The summed E-state index contributed by atoms with van der Waals surface area (Å²) in [5.41, 5.74) is 1.19. The van der Waals surface area contributed by atoms with Gasteiger partial charge in [0, 0.05) is 29.4 Å². The van der Waals surface area contributed by atoms with E-state index in [2.05, 4.69) is 5.32 Å². The largest absolute Gasteiger partial charge is 0.497 e. The molecule has 9 heteroatoms. The number of ether oxygens (including phenoxy) is 3. The minimum absolute atomic E-state index is 0.0156. The van der Waals surface area contributed by atoms with Gasteiger partial charge < -0.3 is 24.4 Å². The highest BCUT2D eigenvalue weighted by molar-refractivity contribution is 6.30. The van der Waals surface area contributed by atoms with Gasteiger partial charge in [-0.2, -0.15) is 0 Å². The minimum Gasteiger partial charge on any atom is -0.497 e. The van der Waals surface area contributed by atoms with Crippen molar-refractivity contribution >= 4 is 40.8 Å². The Kier molecular flexibility index (Phi) is 7.52. The third-order valence-corrected chi connectivity index (χ3v) is 5.63. The summed E-state index contributed by atoms with van der Waals surface area (Å²) in [7, 11) is 1.60. The van der Waals surface area contributed by atoms with Crippen LogP contribution in [0.5, 0.6) is 17.2 Å². The van der Waals surface area contributed by atoms with Gasteiger partial charge in [-0.1, -0.05) is 11.6 Å². The first-order valence-corrected chi connectivity index (χ1v) is 11.2. The van der Waals surface area contributed by atoms with E-state index in [-0.39, 0.29) is 18.9 Å². The molecule has 2 amide bonds. The fourth-order valence-corrected chi connectivity index (χ4v) is 3.70. The zero-order valence-electron chi connectivity index (χ0n) is 18.9. The molecule has 0 spiro atoms. The summed E-state index contributed by atoms with van der Waals surface area (Å²) in [5, 5.41) is 3.16. The summed E-state index contributed by atoms with van der Waals surface area (Å²) in [6.07, 6.45) is 0.0156. The zero-order valence-corrected chi connectivity index (χ0v) is 19.7. The molecule has 0 saturated carbocycles. The van der Waals surface area contributed by atoms with Gasteiger partial charge in [0.2, 0.25) is 5.91 Å². The number of anilines is 2. The van der Waals surface area contributed by atoms with Crippen molar-refractivity contribution in [3.8, 4) is 17.2 Å². The summed E-state index contributed by atoms with van der Waals surface area (Å²) in [5.74, 6) is 0.0748. The number of nitrogens with one attached hydrogen (secondary N) is 1. The van der Waals surface area contributed by atoms with Gasteiger partial charge in [0.25, 0.3) is 5.91 Å². The van der Waals surface area contributed by atoms with Crippen molar-refractivity contribution in [3.63, 3.8) is 0 Å². The Morgan fingerprint density at radius 1 is 0.943 bits per heavy atom. The average molecular weight is 495 g/mol. The lowest BCUT2D eigenvalue weighted by Gasteiger charge is -2.17. The summed E-state index contributed by atoms with van der Waals surface area (Å²) in [4.78, 5) is 38.5. The van der Waals surface area contributed by atoms with Crippen molar-refractivity contribution in [2.45, 2.75) is 6.42 Å². The standard InChI is InChI=1S/C26H23ClN2O6/c1-33-21-10-12-23(13-11-21)35-22-8-6-20(7-9-22)29-15-17(14-25(29)31)26(32)34-16-24(30)28-19-4-2-18(27)3-5-19/h2-13,17H,14-16H2,1H3,(H,28,30)/t17-/m0/s1. The van der Waals surface area contributed by atoms with Gasteiger partial charge >= 0.3 is 5.97 Å². The highest BCUT2D eigenvalue weighted by Crippen LogP contribution is 2.29. The van der Waals surface area contributed by atoms with Crippen LogP contribution in [0.3, 0.4) is 0 Å². The van der Waals surface area contributed by atoms with Gasteiger partial charge in [0.1, 0.15) is 17.2 Å². The van der Waals surface area contributed by atoms with Crippen molar-refractivity contribution in [1.29, 1.82) is 0 Å². The van der Waals surface area contributed by atoms with Gasteiger partial charge in [0.05, 0.1) is 13.0 Å². The van der Waals surface area contributed by atoms with Crippen LogP contribution in [-0.4, -0.2) is 38.0 Å². The molecule has 3 aromatic carbocycles. The molecule has 1 fully saturated rings. The molecule has 0 aliphatic carbocycles. The number of amides is 2. The zero-order chi connectivity index (χ0) is 24.8. The van der Waals surface area contributed by atoms with E-state index in [0.717, 1.165) is 5.75 Å². The number of hydrogen-bond acceptors (Lipinski definition) is 6. The molecular formula is C26H23ClN2O6. The number of nitrogens with zero attached hydrogens (tertiary/aromatic N) is 1. The molecule has 8 nitrogen and oxygen atoms in total. The lowest BCUT2D eigenvalue weighted by molar-refractivity contribution is -0.151. The van der Waals surface area contributed by atoms with Crippen LogP contribution < -0.4 is 19.7 Å². The number of carbonyl (C=O) groups is 3. The van der Waals surface area contributed by atoms with Crippen molar-refractivity contribution in [2.24, 2.45) is 5.92 Å². The van der Waals surface area contributed by atoms with Crippen LogP contribution in [0.1, 0.15) is 6.42 Å². The van der Waals surface area contributed by atoms with E-state index in [0.29, 0.717) is 27.9 Å². The number of rotatable bonds is 8. The van der Waals surface area contributed by atoms with Gasteiger partial charge in [-0.05, 0) is 72.8 Å².